The zero-order valence-corrected chi connectivity index (χ0v) is 11.9. The Bertz CT molecular complexity index is 413. The van der Waals surface area contributed by atoms with Crippen LogP contribution in [0.3, 0.4) is 0 Å². The van der Waals surface area contributed by atoms with Crippen molar-refractivity contribution in [1.29, 1.82) is 0 Å². The molecule has 1 aromatic rings. The van der Waals surface area contributed by atoms with Gasteiger partial charge in [-0.05, 0) is 31.0 Å². The van der Waals surface area contributed by atoms with E-state index in [0.717, 1.165) is 25.3 Å². The molecular formula is C14H23N3O2. The summed E-state index contributed by atoms with van der Waals surface area (Å²) in [4.78, 5) is 6.80. The predicted molar refractivity (Wildman–Crippen MR) is 75.5 cm³/mol. The number of aryl methyl sites for hydroxylation is 1. The third kappa shape index (κ3) is 3.05. The Morgan fingerprint density at radius 1 is 1.32 bits per heavy atom. The van der Waals surface area contributed by atoms with Gasteiger partial charge in [0.25, 0.3) is 0 Å². The second-order valence-electron chi connectivity index (χ2n) is 4.98. The van der Waals surface area contributed by atoms with Gasteiger partial charge in [0, 0.05) is 33.5 Å². The molecule has 5 heteroatoms. The van der Waals surface area contributed by atoms with Crippen molar-refractivity contribution in [2.75, 3.05) is 38.8 Å². The lowest BCUT2D eigenvalue weighted by atomic mass is 10.1. The molecule has 1 aromatic heterocycles. The number of hydrogen-bond donors (Lipinski definition) is 1. The highest BCUT2D eigenvalue weighted by Gasteiger charge is 2.34. The number of aromatic nitrogens is 1. The number of methoxy groups -OCH3 is 2. The third-order valence-corrected chi connectivity index (χ3v) is 3.66. The van der Waals surface area contributed by atoms with Crippen molar-refractivity contribution in [3.8, 4) is 0 Å². The molecule has 0 bridgehead atoms. The van der Waals surface area contributed by atoms with Crippen LogP contribution in [0.1, 0.15) is 11.1 Å². The number of nitrogens with two attached hydrogens (primary N) is 1. The van der Waals surface area contributed by atoms with Gasteiger partial charge in [-0.25, -0.2) is 4.98 Å². The van der Waals surface area contributed by atoms with Gasteiger partial charge in [0.05, 0.1) is 0 Å². The molecule has 0 aromatic carbocycles. The van der Waals surface area contributed by atoms with Crippen LogP contribution < -0.4 is 10.6 Å². The van der Waals surface area contributed by atoms with Crippen molar-refractivity contribution in [3.63, 3.8) is 0 Å². The Morgan fingerprint density at radius 3 is 2.42 bits per heavy atom. The van der Waals surface area contributed by atoms with E-state index < -0.39 is 0 Å². The number of ether oxygens (including phenoxy) is 2. The monoisotopic (exact) mass is 265 g/mol. The SMILES string of the molecule is COC1CN(c2ncc(CCN)cc2C)CC1OC. The van der Waals surface area contributed by atoms with E-state index in [4.69, 9.17) is 15.2 Å². The fraction of sp³-hybridized carbons (Fsp3) is 0.643. The molecule has 1 aliphatic rings. The summed E-state index contributed by atoms with van der Waals surface area (Å²) in [6.45, 7) is 4.38. The average molecular weight is 265 g/mol. The number of hydrogen-bond acceptors (Lipinski definition) is 5. The maximum atomic E-state index is 5.57. The third-order valence-electron chi connectivity index (χ3n) is 3.66. The number of rotatable bonds is 5. The molecule has 106 valence electrons. The molecule has 2 unspecified atom stereocenters. The normalized spacial score (nSPS) is 23.1. The van der Waals surface area contributed by atoms with E-state index in [9.17, 15) is 0 Å². The summed E-state index contributed by atoms with van der Waals surface area (Å²) in [6.07, 6.45) is 3.00. The van der Waals surface area contributed by atoms with Crippen LogP contribution in [0.25, 0.3) is 0 Å². The fourth-order valence-electron chi connectivity index (χ4n) is 2.63. The van der Waals surface area contributed by atoms with Crippen molar-refractivity contribution < 1.29 is 9.47 Å². The topological polar surface area (TPSA) is 60.6 Å². The van der Waals surface area contributed by atoms with Gasteiger partial charge < -0.3 is 20.1 Å². The highest BCUT2D eigenvalue weighted by Crippen LogP contribution is 2.25. The molecule has 5 nitrogen and oxygen atoms in total. The molecule has 1 aliphatic heterocycles. The first kappa shape index (κ1) is 14.2. The lowest BCUT2D eigenvalue weighted by Gasteiger charge is -2.19. The molecule has 0 amide bonds. The zero-order valence-electron chi connectivity index (χ0n) is 11.9. The zero-order chi connectivity index (χ0) is 13.8. The van der Waals surface area contributed by atoms with Gasteiger partial charge in [-0.1, -0.05) is 6.07 Å². The van der Waals surface area contributed by atoms with Gasteiger partial charge in [0.1, 0.15) is 18.0 Å². The maximum Gasteiger partial charge on any atom is 0.131 e. The largest absolute Gasteiger partial charge is 0.377 e. The summed E-state index contributed by atoms with van der Waals surface area (Å²) in [5.74, 6) is 1.02. The van der Waals surface area contributed by atoms with E-state index in [-0.39, 0.29) is 12.2 Å². The predicted octanol–water partition coefficient (Wildman–Crippen LogP) is 0.741. The Balaban J connectivity index is 2.14. The van der Waals surface area contributed by atoms with Gasteiger partial charge in [0.2, 0.25) is 0 Å². The van der Waals surface area contributed by atoms with E-state index in [1.54, 1.807) is 14.2 Å². The first-order valence-corrected chi connectivity index (χ1v) is 6.65. The fourth-order valence-corrected chi connectivity index (χ4v) is 2.63. The minimum atomic E-state index is 0.106. The maximum absolute atomic E-state index is 5.57. The molecular weight excluding hydrogens is 242 g/mol. The van der Waals surface area contributed by atoms with E-state index >= 15 is 0 Å². The van der Waals surface area contributed by atoms with E-state index in [0.29, 0.717) is 6.54 Å². The van der Waals surface area contributed by atoms with Crippen LogP contribution in [0.4, 0.5) is 5.82 Å². The van der Waals surface area contributed by atoms with Crippen molar-refractivity contribution >= 4 is 5.82 Å². The summed E-state index contributed by atoms with van der Waals surface area (Å²) in [5, 5.41) is 0. The van der Waals surface area contributed by atoms with E-state index in [1.807, 2.05) is 6.20 Å². The van der Waals surface area contributed by atoms with E-state index in [1.165, 1.54) is 11.1 Å². The first-order chi connectivity index (χ1) is 9.19. The van der Waals surface area contributed by atoms with Gasteiger partial charge >= 0.3 is 0 Å². The lowest BCUT2D eigenvalue weighted by Crippen LogP contribution is -2.27. The molecule has 0 saturated carbocycles. The highest BCUT2D eigenvalue weighted by molar-refractivity contribution is 5.49. The van der Waals surface area contributed by atoms with Crippen LogP contribution in [0.15, 0.2) is 12.3 Å². The van der Waals surface area contributed by atoms with Crippen LogP contribution in [-0.2, 0) is 15.9 Å². The van der Waals surface area contributed by atoms with Crippen LogP contribution in [0.2, 0.25) is 0 Å². The van der Waals surface area contributed by atoms with Crippen molar-refractivity contribution in [2.24, 2.45) is 5.73 Å². The Morgan fingerprint density at radius 2 is 1.95 bits per heavy atom. The van der Waals surface area contributed by atoms with Crippen molar-refractivity contribution in [2.45, 2.75) is 25.6 Å². The summed E-state index contributed by atoms with van der Waals surface area (Å²) >= 11 is 0. The van der Waals surface area contributed by atoms with E-state index in [2.05, 4.69) is 22.9 Å². The molecule has 1 fully saturated rings. The first-order valence-electron chi connectivity index (χ1n) is 6.65. The molecule has 0 aliphatic carbocycles. The molecule has 2 N–H and O–H groups in total. The van der Waals surface area contributed by atoms with Crippen molar-refractivity contribution in [1.82, 2.24) is 4.98 Å². The summed E-state index contributed by atoms with van der Waals surface area (Å²) < 4.78 is 10.9. The van der Waals surface area contributed by atoms with Gasteiger partial charge in [-0.2, -0.15) is 0 Å². The summed E-state index contributed by atoms with van der Waals surface area (Å²) in [6, 6.07) is 2.16. The average Bonchev–Trinajstić information content (AvgIpc) is 2.82. The van der Waals surface area contributed by atoms with Gasteiger partial charge in [-0.15, -0.1) is 0 Å². The molecule has 0 spiro atoms. The molecule has 2 heterocycles. The number of nitrogens with zero attached hydrogens (tertiary/aromatic N) is 2. The second kappa shape index (κ2) is 6.32. The standard InChI is InChI=1S/C14H23N3O2/c1-10-6-11(4-5-15)7-16-14(10)17-8-12(18-2)13(9-17)19-3/h6-7,12-13H,4-5,8-9,15H2,1-3H3. The number of pyridine rings is 1. The van der Waals surface area contributed by atoms with Gasteiger partial charge in [0.15, 0.2) is 0 Å². The second-order valence-corrected chi connectivity index (χ2v) is 4.98. The highest BCUT2D eigenvalue weighted by atomic mass is 16.5. The quantitative estimate of drug-likeness (QED) is 0.851. The molecule has 2 atom stereocenters. The number of anilines is 1. The lowest BCUT2D eigenvalue weighted by molar-refractivity contribution is -0.00461. The van der Waals surface area contributed by atoms with Crippen LogP contribution in [0.5, 0.6) is 0 Å². The Hall–Kier alpha value is -1.17. The van der Waals surface area contributed by atoms with Crippen molar-refractivity contribution in [3.05, 3.63) is 23.4 Å². The Kier molecular flexibility index (Phi) is 4.74. The van der Waals surface area contributed by atoms with Crippen LogP contribution in [-0.4, -0.2) is 51.0 Å². The smallest absolute Gasteiger partial charge is 0.131 e. The molecule has 2 rings (SSSR count). The minimum absolute atomic E-state index is 0.106. The minimum Gasteiger partial charge on any atom is -0.377 e. The molecule has 1 saturated heterocycles. The summed E-state index contributed by atoms with van der Waals surface area (Å²) in [5.41, 5.74) is 7.94. The Labute approximate surface area is 114 Å². The molecule has 0 radical (unpaired) electrons. The van der Waals surface area contributed by atoms with Crippen LogP contribution in [0, 0.1) is 6.92 Å². The van der Waals surface area contributed by atoms with Gasteiger partial charge in [-0.3, -0.25) is 0 Å². The molecule has 19 heavy (non-hydrogen) atoms. The van der Waals surface area contributed by atoms with Crippen LogP contribution >= 0.6 is 0 Å². The summed E-state index contributed by atoms with van der Waals surface area (Å²) in [7, 11) is 3.45.